The van der Waals surface area contributed by atoms with Crippen LogP contribution in [0.1, 0.15) is 26.7 Å². The van der Waals surface area contributed by atoms with Crippen LogP contribution in [0, 0.1) is 0 Å². The van der Waals surface area contributed by atoms with Crippen molar-refractivity contribution in [3.63, 3.8) is 0 Å². The second-order valence-corrected chi connectivity index (χ2v) is 4.02. The van der Waals surface area contributed by atoms with Crippen LogP contribution in [0.15, 0.2) is 0 Å². The number of hydrogen-bond acceptors (Lipinski definition) is 3. The van der Waals surface area contributed by atoms with Crippen LogP contribution in [0.2, 0.25) is 0 Å². The molecule has 0 aromatic carbocycles. The number of carboxylic acids is 1. The Morgan fingerprint density at radius 2 is 2.17 bits per heavy atom. The van der Waals surface area contributed by atoms with E-state index in [2.05, 4.69) is 0 Å². The summed E-state index contributed by atoms with van der Waals surface area (Å²) in [6.45, 7) is 3.80. The summed E-state index contributed by atoms with van der Waals surface area (Å²) in [5.41, 5.74) is -1.57. The average Bonchev–Trinajstić information content (AvgIpc) is 2.03. The van der Waals surface area contributed by atoms with Crippen LogP contribution in [0.4, 0.5) is 0 Å². The van der Waals surface area contributed by atoms with E-state index in [4.69, 9.17) is 9.84 Å². The van der Waals surface area contributed by atoms with E-state index in [1.807, 2.05) is 13.8 Å². The molecule has 1 aliphatic heterocycles. The van der Waals surface area contributed by atoms with E-state index in [0.29, 0.717) is 6.42 Å². The van der Waals surface area contributed by atoms with Crippen molar-refractivity contribution in [2.75, 3.05) is 6.61 Å². The summed E-state index contributed by atoms with van der Waals surface area (Å²) in [6, 6.07) is 0. The number of ether oxygens (including phenoxy) is 1. The first kappa shape index (κ1) is 9.48. The molecule has 1 heterocycles. The first-order valence-corrected chi connectivity index (χ1v) is 3.91. The minimum absolute atomic E-state index is 0.117. The molecule has 4 nitrogen and oxygen atoms in total. The molecular weight excluding hydrogens is 160 g/mol. The summed E-state index contributed by atoms with van der Waals surface area (Å²) in [5.74, 6) is -0.987. The van der Waals surface area contributed by atoms with E-state index in [-0.39, 0.29) is 13.0 Å². The summed E-state index contributed by atoms with van der Waals surface area (Å²) in [5, 5.41) is 18.2. The molecule has 0 aliphatic carbocycles. The Bertz CT molecular complexity index is 199. The number of carboxylic acid groups (broad SMARTS) is 1. The van der Waals surface area contributed by atoms with E-state index in [9.17, 15) is 9.90 Å². The molecule has 70 valence electrons. The lowest BCUT2D eigenvalue weighted by Crippen LogP contribution is -2.33. The molecule has 1 rings (SSSR count). The fourth-order valence-electron chi connectivity index (χ4n) is 1.62. The second-order valence-electron chi connectivity index (χ2n) is 4.02. The Morgan fingerprint density at radius 1 is 1.58 bits per heavy atom. The number of carbonyl (C=O) groups is 1. The van der Waals surface area contributed by atoms with Gasteiger partial charge in [0.15, 0.2) is 0 Å². The summed E-state index contributed by atoms with van der Waals surface area (Å²) in [6.07, 6.45) is 0.142. The molecule has 0 aromatic heterocycles. The van der Waals surface area contributed by atoms with Gasteiger partial charge in [-0.3, -0.25) is 4.79 Å². The van der Waals surface area contributed by atoms with Crippen LogP contribution in [-0.2, 0) is 9.53 Å². The number of hydrogen-bond donors (Lipinski definition) is 2. The van der Waals surface area contributed by atoms with E-state index in [1.165, 1.54) is 0 Å². The molecule has 2 N–H and O–H groups in total. The number of aliphatic hydroxyl groups is 1. The van der Waals surface area contributed by atoms with Gasteiger partial charge in [0.1, 0.15) is 5.60 Å². The predicted molar refractivity (Wildman–Crippen MR) is 41.9 cm³/mol. The smallest absolute Gasteiger partial charge is 0.306 e. The van der Waals surface area contributed by atoms with E-state index in [0.717, 1.165) is 0 Å². The van der Waals surface area contributed by atoms with Crippen molar-refractivity contribution in [3.05, 3.63) is 0 Å². The van der Waals surface area contributed by atoms with Crippen molar-refractivity contribution in [2.45, 2.75) is 37.9 Å². The van der Waals surface area contributed by atoms with Crippen molar-refractivity contribution in [3.8, 4) is 0 Å². The average molecular weight is 174 g/mol. The highest BCUT2D eigenvalue weighted by atomic mass is 16.5. The quantitative estimate of drug-likeness (QED) is 0.635. The highest BCUT2D eigenvalue weighted by Gasteiger charge is 2.44. The first-order valence-electron chi connectivity index (χ1n) is 3.91. The van der Waals surface area contributed by atoms with Crippen molar-refractivity contribution in [1.29, 1.82) is 0 Å². The Balaban J connectivity index is 2.58. The van der Waals surface area contributed by atoms with Gasteiger partial charge in [-0.05, 0) is 13.8 Å². The monoisotopic (exact) mass is 174 g/mol. The third kappa shape index (κ3) is 2.19. The molecule has 0 saturated carbocycles. The van der Waals surface area contributed by atoms with Crippen LogP contribution in [0.25, 0.3) is 0 Å². The minimum atomic E-state index is -1.17. The molecule has 0 aromatic rings. The standard InChI is InChI=1S/C8H14O4/c1-7(2)4-8(11,5-12-7)3-6(9)10/h11H,3-5H2,1-2H3,(H,9,10)/t8-/m1/s1. The predicted octanol–water partition coefficient (Wildman–Crippen LogP) is 0.391. The lowest BCUT2D eigenvalue weighted by Gasteiger charge is -2.20. The Labute approximate surface area is 71.2 Å². The van der Waals surface area contributed by atoms with Crippen molar-refractivity contribution in [2.24, 2.45) is 0 Å². The largest absolute Gasteiger partial charge is 0.481 e. The fraction of sp³-hybridized carbons (Fsp3) is 0.875. The fourth-order valence-corrected chi connectivity index (χ4v) is 1.62. The first-order chi connectivity index (χ1) is 5.33. The molecule has 1 saturated heterocycles. The molecule has 1 fully saturated rings. The number of rotatable bonds is 2. The minimum Gasteiger partial charge on any atom is -0.481 e. The molecule has 0 bridgehead atoms. The molecule has 0 spiro atoms. The molecule has 0 radical (unpaired) electrons. The van der Waals surface area contributed by atoms with E-state index in [1.54, 1.807) is 0 Å². The Kier molecular flexibility index (Phi) is 2.14. The van der Waals surface area contributed by atoms with Gasteiger partial charge < -0.3 is 14.9 Å². The molecule has 1 atom stereocenters. The zero-order valence-corrected chi connectivity index (χ0v) is 7.33. The lowest BCUT2D eigenvalue weighted by molar-refractivity contribution is -0.142. The van der Waals surface area contributed by atoms with E-state index >= 15 is 0 Å². The number of aliphatic carboxylic acids is 1. The molecular formula is C8H14O4. The summed E-state index contributed by atoms with van der Waals surface area (Å²) < 4.78 is 5.24. The van der Waals surface area contributed by atoms with Gasteiger partial charge in [0.05, 0.1) is 18.6 Å². The third-order valence-electron chi connectivity index (χ3n) is 1.97. The lowest BCUT2D eigenvalue weighted by atomic mass is 9.91. The third-order valence-corrected chi connectivity index (χ3v) is 1.97. The molecule has 0 amide bonds. The van der Waals surface area contributed by atoms with Crippen LogP contribution >= 0.6 is 0 Å². The van der Waals surface area contributed by atoms with Crippen molar-refractivity contribution >= 4 is 5.97 Å². The molecule has 12 heavy (non-hydrogen) atoms. The van der Waals surface area contributed by atoms with Crippen LogP contribution in [0.5, 0.6) is 0 Å². The van der Waals surface area contributed by atoms with Crippen LogP contribution in [-0.4, -0.2) is 34.0 Å². The highest BCUT2D eigenvalue weighted by Crippen LogP contribution is 2.34. The summed E-state index contributed by atoms with van der Waals surface area (Å²) in [7, 11) is 0. The summed E-state index contributed by atoms with van der Waals surface area (Å²) in [4.78, 5) is 10.4. The van der Waals surface area contributed by atoms with Crippen LogP contribution in [0.3, 0.4) is 0 Å². The Morgan fingerprint density at radius 3 is 2.50 bits per heavy atom. The van der Waals surface area contributed by atoms with Gasteiger partial charge in [-0.15, -0.1) is 0 Å². The zero-order valence-electron chi connectivity index (χ0n) is 7.33. The molecule has 4 heteroatoms. The normalized spacial score (nSPS) is 33.6. The topological polar surface area (TPSA) is 66.8 Å². The molecule has 1 aliphatic rings. The maximum Gasteiger partial charge on any atom is 0.306 e. The zero-order chi connectivity index (χ0) is 9.41. The van der Waals surface area contributed by atoms with Gasteiger partial charge in [0, 0.05) is 6.42 Å². The van der Waals surface area contributed by atoms with Gasteiger partial charge >= 0.3 is 5.97 Å². The Hall–Kier alpha value is -0.610. The van der Waals surface area contributed by atoms with Crippen LogP contribution < -0.4 is 0 Å². The van der Waals surface area contributed by atoms with Gasteiger partial charge in [-0.2, -0.15) is 0 Å². The second kappa shape index (κ2) is 2.71. The SMILES string of the molecule is CC1(C)C[C@](O)(CC(=O)O)CO1. The maximum absolute atomic E-state index is 10.4. The van der Waals surface area contributed by atoms with Gasteiger partial charge in [-0.25, -0.2) is 0 Å². The van der Waals surface area contributed by atoms with Crippen molar-refractivity contribution in [1.82, 2.24) is 0 Å². The van der Waals surface area contributed by atoms with Gasteiger partial charge in [-0.1, -0.05) is 0 Å². The molecule has 0 unspecified atom stereocenters. The highest BCUT2D eigenvalue weighted by molar-refractivity contribution is 5.68. The summed E-state index contributed by atoms with van der Waals surface area (Å²) >= 11 is 0. The van der Waals surface area contributed by atoms with Crippen molar-refractivity contribution < 1.29 is 19.7 Å². The van der Waals surface area contributed by atoms with Gasteiger partial charge in [0.25, 0.3) is 0 Å². The maximum atomic E-state index is 10.4. The van der Waals surface area contributed by atoms with E-state index < -0.39 is 17.2 Å². The van der Waals surface area contributed by atoms with Gasteiger partial charge in [0.2, 0.25) is 0 Å².